The number of carbonyl (C=O) groups is 1. The molecule has 0 radical (unpaired) electrons. The second-order valence-electron chi connectivity index (χ2n) is 6.05. The van der Waals surface area contributed by atoms with E-state index in [4.69, 9.17) is 4.74 Å². The van der Waals surface area contributed by atoms with Crippen molar-refractivity contribution in [3.05, 3.63) is 49.8 Å². The van der Waals surface area contributed by atoms with Gasteiger partial charge in [0.25, 0.3) is 5.69 Å². The first kappa shape index (κ1) is 16.2. The van der Waals surface area contributed by atoms with Gasteiger partial charge in [-0.25, -0.2) is 4.79 Å². The molecule has 1 heterocycles. The van der Waals surface area contributed by atoms with Crippen LogP contribution in [0.15, 0.2) is 23.0 Å². The number of aromatic nitrogens is 1. The zero-order chi connectivity index (χ0) is 17.4. The normalized spacial score (nSPS) is 14.9. The van der Waals surface area contributed by atoms with Gasteiger partial charge in [-0.05, 0) is 25.8 Å². The van der Waals surface area contributed by atoms with Crippen LogP contribution in [0, 0.1) is 17.0 Å². The summed E-state index contributed by atoms with van der Waals surface area (Å²) in [5.74, 6) is -0.711. The summed E-state index contributed by atoms with van der Waals surface area (Å²) in [5.41, 5.74) is 0.449. The van der Waals surface area contributed by atoms with Crippen LogP contribution in [0.4, 0.5) is 5.69 Å². The van der Waals surface area contributed by atoms with Gasteiger partial charge in [0.1, 0.15) is 5.56 Å². The van der Waals surface area contributed by atoms with Crippen molar-refractivity contribution in [3.63, 3.8) is 0 Å². The van der Waals surface area contributed by atoms with Crippen LogP contribution in [-0.2, 0) is 4.74 Å². The first-order valence-electron chi connectivity index (χ1n) is 7.87. The summed E-state index contributed by atoms with van der Waals surface area (Å²) in [4.78, 5) is 35.4. The van der Waals surface area contributed by atoms with E-state index < -0.39 is 16.3 Å². The van der Waals surface area contributed by atoms with Gasteiger partial charge in [0.05, 0.1) is 22.9 Å². The maximum absolute atomic E-state index is 12.8. The lowest BCUT2D eigenvalue weighted by Gasteiger charge is -2.22. The topological polar surface area (TPSA) is 91.4 Å². The lowest BCUT2D eigenvalue weighted by molar-refractivity contribution is -0.384. The van der Waals surface area contributed by atoms with Gasteiger partial charge in [-0.2, -0.15) is 0 Å². The molecular weight excluding hydrogens is 312 g/mol. The van der Waals surface area contributed by atoms with E-state index in [2.05, 4.69) is 0 Å². The molecule has 7 heteroatoms. The number of nitro groups is 1. The van der Waals surface area contributed by atoms with E-state index in [1.165, 1.54) is 19.2 Å². The number of fused-ring (bicyclic) bond motifs is 1. The SMILES string of the molecule is COC(=O)c1c(C)n(C2CCCC2)c2ccc([N+](=O)[O-])cc2c1=O. The Morgan fingerprint density at radius 3 is 2.58 bits per heavy atom. The highest BCUT2D eigenvalue weighted by Gasteiger charge is 2.26. The van der Waals surface area contributed by atoms with Gasteiger partial charge in [0, 0.05) is 23.9 Å². The zero-order valence-electron chi connectivity index (χ0n) is 13.6. The van der Waals surface area contributed by atoms with Crippen LogP contribution < -0.4 is 5.43 Å². The maximum Gasteiger partial charge on any atom is 0.343 e. The van der Waals surface area contributed by atoms with Crippen molar-refractivity contribution in [1.82, 2.24) is 4.57 Å². The average Bonchev–Trinajstić information content (AvgIpc) is 3.08. The highest BCUT2D eigenvalue weighted by Crippen LogP contribution is 2.34. The van der Waals surface area contributed by atoms with Crippen LogP contribution >= 0.6 is 0 Å². The lowest BCUT2D eigenvalue weighted by Crippen LogP contribution is -2.25. The number of nitrogens with zero attached hydrogens (tertiary/aromatic N) is 2. The molecule has 1 aromatic carbocycles. The van der Waals surface area contributed by atoms with E-state index in [-0.39, 0.29) is 22.7 Å². The number of rotatable bonds is 3. The number of methoxy groups -OCH3 is 1. The Kier molecular flexibility index (Phi) is 4.09. The summed E-state index contributed by atoms with van der Waals surface area (Å²) in [5, 5.41) is 11.2. The molecule has 126 valence electrons. The molecule has 0 unspecified atom stereocenters. The van der Waals surface area contributed by atoms with Gasteiger partial charge in [0.15, 0.2) is 0 Å². The molecular formula is C17H18N2O5. The molecule has 0 atom stereocenters. The molecule has 3 rings (SSSR count). The van der Waals surface area contributed by atoms with Crippen LogP contribution in [0.5, 0.6) is 0 Å². The van der Waals surface area contributed by atoms with E-state index in [9.17, 15) is 19.7 Å². The van der Waals surface area contributed by atoms with Crippen LogP contribution in [0.3, 0.4) is 0 Å². The minimum atomic E-state index is -0.711. The molecule has 1 aliphatic carbocycles. The number of hydrogen-bond donors (Lipinski definition) is 0. The van der Waals surface area contributed by atoms with Crippen molar-refractivity contribution in [2.45, 2.75) is 38.6 Å². The number of non-ortho nitro benzene ring substituents is 1. The zero-order valence-corrected chi connectivity index (χ0v) is 13.6. The van der Waals surface area contributed by atoms with Crippen LogP contribution in [0.2, 0.25) is 0 Å². The fraction of sp³-hybridized carbons (Fsp3) is 0.412. The molecule has 2 aromatic rings. The standard InChI is InChI=1S/C17H18N2O5/c1-10-15(17(21)24-2)16(20)13-9-12(19(22)23)7-8-14(13)18(10)11-5-3-4-6-11/h7-9,11H,3-6H2,1-2H3. The van der Waals surface area contributed by atoms with Crippen molar-refractivity contribution in [2.24, 2.45) is 0 Å². The number of benzene rings is 1. The summed E-state index contributed by atoms with van der Waals surface area (Å²) >= 11 is 0. The summed E-state index contributed by atoms with van der Waals surface area (Å²) in [6, 6.07) is 4.42. The molecule has 0 saturated heterocycles. The molecule has 0 aliphatic heterocycles. The third-order valence-electron chi connectivity index (χ3n) is 4.72. The summed E-state index contributed by atoms with van der Waals surface area (Å²) < 4.78 is 6.73. The Bertz CT molecular complexity index is 894. The predicted molar refractivity (Wildman–Crippen MR) is 88.4 cm³/mol. The van der Waals surface area contributed by atoms with E-state index in [0.717, 1.165) is 25.7 Å². The van der Waals surface area contributed by atoms with Crippen molar-refractivity contribution in [2.75, 3.05) is 7.11 Å². The molecule has 0 bridgehead atoms. The van der Waals surface area contributed by atoms with Crippen molar-refractivity contribution >= 4 is 22.6 Å². The van der Waals surface area contributed by atoms with Crippen molar-refractivity contribution in [3.8, 4) is 0 Å². The number of carbonyl (C=O) groups excluding carboxylic acids is 1. The Balaban J connectivity index is 2.40. The van der Waals surface area contributed by atoms with Gasteiger partial charge in [-0.1, -0.05) is 12.8 Å². The molecule has 7 nitrogen and oxygen atoms in total. The van der Waals surface area contributed by atoms with Gasteiger partial charge >= 0.3 is 5.97 Å². The van der Waals surface area contributed by atoms with E-state index in [1.807, 2.05) is 4.57 Å². The predicted octanol–water partition coefficient (Wildman–Crippen LogP) is 3.12. The molecule has 0 N–H and O–H groups in total. The maximum atomic E-state index is 12.8. The Hall–Kier alpha value is -2.70. The lowest BCUT2D eigenvalue weighted by atomic mass is 10.0. The number of hydrogen-bond acceptors (Lipinski definition) is 5. The summed E-state index contributed by atoms with van der Waals surface area (Å²) in [6.07, 6.45) is 4.07. The second-order valence-corrected chi connectivity index (χ2v) is 6.05. The van der Waals surface area contributed by atoms with E-state index >= 15 is 0 Å². The van der Waals surface area contributed by atoms with Crippen LogP contribution in [0.1, 0.15) is 47.8 Å². The summed E-state index contributed by atoms with van der Waals surface area (Å²) in [7, 11) is 1.22. The van der Waals surface area contributed by atoms with Crippen molar-refractivity contribution in [1.29, 1.82) is 0 Å². The fourth-order valence-corrected chi connectivity index (χ4v) is 3.61. The number of ether oxygens (including phenoxy) is 1. The van der Waals surface area contributed by atoms with Gasteiger partial charge in [-0.3, -0.25) is 14.9 Å². The van der Waals surface area contributed by atoms with Crippen LogP contribution in [-0.4, -0.2) is 22.6 Å². The average molecular weight is 330 g/mol. The largest absolute Gasteiger partial charge is 0.465 e. The third kappa shape index (κ3) is 2.46. The molecule has 0 amide bonds. The first-order chi connectivity index (χ1) is 11.5. The van der Waals surface area contributed by atoms with Crippen molar-refractivity contribution < 1.29 is 14.5 Å². The molecule has 24 heavy (non-hydrogen) atoms. The van der Waals surface area contributed by atoms with E-state index in [1.54, 1.807) is 13.0 Å². The van der Waals surface area contributed by atoms with Gasteiger partial charge < -0.3 is 9.30 Å². The molecule has 1 saturated carbocycles. The minimum absolute atomic E-state index is 0.0441. The van der Waals surface area contributed by atoms with Crippen LogP contribution in [0.25, 0.3) is 10.9 Å². The molecule has 0 spiro atoms. The highest BCUT2D eigenvalue weighted by atomic mass is 16.6. The number of esters is 1. The quantitative estimate of drug-likeness (QED) is 0.490. The summed E-state index contributed by atoms with van der Waals surface area (Å²) in [6.45, 7) is 1.73. The van der Waals surface area contributed by atoms with Gasteiger partial charge in [-0.15, -0.1) is 0 Å². The number of nitro benzene ring substituents is 1. The second kappa shape index (κ2) is 6.07. The Morgan fingerprint density at radius 2 is 2.00 bits per heavy atom. The fourth-order valence-electron chi connectivity index (χ4n) is 3.61. The highest BCUT2D eigenvalue weighted by molar-refractivity contribution is 5.95. The molecule has 1 aliphatic rings. The van der Waals surface area contributed by atoms with Gasteiger partial charge in [0.2, 0.25) is 5.43 Å². The number of pyridine rings is 1. The minimum Gasteiger partial charge on any atom is -0.465 e. The smallest absolute Gasteiger partial charge is 0.343 e. The first-order valence-corrected chi connectivity index (χ1v) is 7.87. The monoisotopic (exact) mass is 330 g/mol. The third-order valence-corrected chi connectivity index (χ3v) is 4.72. The Morgan fingerprint density at radius 1 is 1.33 bits per heavy atom. The molecule has 1 aromatic heterocycles. The Labute approximate surface area is 138 Å². The molecule has 1 fully saturated rings. The van der Waals surface area contributed by atoms with E-state index in [0.29, 0.717) is 11.2 Å².